The lowest BCUT2D eigenvalue weighted by molar-refractivity contribution is -0.144. The summed E-state index contributed by atoms with van der Waals surface area (Å²) in [5, 5.41) is 0. The lowest BCUT2D eigenvalue weighted by atomic mass is 10.4. The summed E-state index contributed by atoms with van der Waals surface area (Å²) in [7, 11) is -4.14. The molecule has 0 aromatic heterocycles. The van der Waals surface area contributed by atoms with Crippen LogP contribution in [-0.2, 0) is 32.7 Å². The molecule has 0 amide bonds. The fourth-order valence-corrected chi connectivity index (χ4v) is 1.49. The molecule has 9 heteroatoms. The molecule has 0 aliphatic rings. The minimum atomic E-state index is -4.14. The molecule has 94 valence electrons. The summed E-state index contributed by atoms with van der Waals surface area (Å²) in [5.41, 5.74) is 0. The normalized spacial score (nSPS) is 15.9. The zero-order chi connectivity index (χ0) is 12.4. The molecule has 0 heterocycles. The SMILES string of the molecule is CCOP(=O)(O)OCC(COC=O)OC=O. The second kappa shape index (κ2) is 8.23. The van der Waals surface area contributed by atoms with Gasteiger partial charge in [-0.2, -0.15) is 0 Å². The van der Waals surface area contributed by atoms with E-state index in [-0.39, 0.29) is 26.2 Å². The number of carbonyl (C=O) groups is 2. The molecule has 8 nitrogen and oxygen atoms in total. The Hall–Kier alpha value is -0.950. The Morgan fingerprint density at radius 2 is 1.94 bits per heavy atom. The molecule has 0 saturated heterocycles. The van der Waals surface area contributed by atoms with Gasteiger partial charge in [0.15, 0.2) is 6.10 Å². The molecule has 0 aliphatic heterocycles. The predicted molar refractivity (Wildman–Crippen MR) is 50.4 cm³/mol. The highest BCUT2D eigenvalue weighted by Gasteiger charge is 2.23. The van der Waals surface area contributed by atoms with Crippen LogP contribution >= 0.6 is 7.82 Å². The highest BCUT2D eigenvalue weighted by molar-refractivity contribution is 7.47. The zero-order valence-electron chi connectivity index (χ0n) is 8.61. The summed E-state index contributed by atoms with van der Waals surface area (Å²) >= 11 is 0. The van der Waals surface area contributed by atoms with Gasteiger partial charge in [0.05, 0.1) is 13.2 Å². The highest BCUT2D eigenvalue weighted by atomic mass is 31.2. The molecule has 0 saturated carbocycles. The summed E-state index contributed by atoms with van der Waals surface area (Å²) in [6.07, 6.45) is -0.955. The van der Waals surface area contributed by atoms with Gasteiger partial charge in [0.2, 0.25) is 0 Å². The number of rotatable bonds is 10. The average molecular weight is 256 g/mol. The molecule has 0 aliphatic carbocycles. The maximum Gasteiger partial charge on any atom is 0.472 e. The standard InChI is InChI=1S/C7H13O8P/c1-2-14-16(10,11)15-4-7(13-6-9)3-12-5-8/h5-7H,2-4H2,1H3,(H,10,11). The molecular weight excluding hydrogens is 243 g/mol. The van der Waals surface area contributed by atoms with Crippen LogP contribution in [0.15, 0.2) is 0 Å². The number of hydrogen-bond donors (Lipinski definition) is 1. The molecule has 0 aromatic rings. The largest absolute Gasteiger partial charge is 0.472 e. The molecule has 0 aromatic carbocycles. The third-order valence-corrected chi connectivity index (χ3v) is 2.37. The summed E-state index contributed by atoms with van der Waals surface area (Å²) in [6, 6.07) is 0. The van der Waals surface area contributed by atoms with Crippen LogP contribution in [0.25, 0.3) is 0 Å². The number of ether oxygens (including phenoxy) is 2. The first-order chi connectivity index (χ1) is 7.55. The van der Waals surface area contributed by atoms with Gasteiger partial charge < -0.3 is 14.4 Å². The van der Waals surface area contributed by atoms with Crippen molar-refractivity contribution in [1.29, 1.82) is 0 Å². The van der Waals surface area contributed by atoms with E-state index >= 15 is 0 Å². The van der Waals surface area contributed by atoms with Gasteiger partial charge in [0, 0.05) is 0 Å². The van der Waals surface area contributed by atoms with Gasteiger partial charge in [-0.15, -0.1) is 0 Å². The van der Waals surface area contributed by atoms with E-state index in [0.29, 0.717) is 0 Å². The summed E-state index contributed by atoms with van der Waals surface area (Å²) in [6.45, 7) is 1.10. The predicted octanol–water partition coefficient (Wildman–Crippen LogP) is -0.146. The van der Waals surface area contributed by atoms with Crippen LogP contribution in [-0.4, -0.2) is 43.8 Å². The monoisotopic (exact) mass is 256 g/mol. The van der Waals surface area contributed by atoms with E-state index in [0.717, 1.165) is 0 Å². The Morgan fingerprint density at radius 3 is 2.44 bits per heavy atom. The van der Waals surface area contributed by atoms with Gasteiger partial charge in [-0.3, -0.25) is 18.6 Å². The van der Waals surface area contributed by atoms with E-state index in [1.165, 1.54) is 6.92 Å². The van der Waals surface area contributed by atoms with Gasteiger partial charge in [-0.1, -0.05) is 0 Å². The highest BCUT2D eigenvalue weighted by Crippen LogP contribution is 2.42. The first kappa shape index (κ1) is 15.0. The van der Waals surface area contributed by atoms with Crippen LogP contribution in [0.3, 0.4) is 0 Å². The molecule has 0 rings (SSSR count). The number of phosphoric acid groups is 1. The molecule has 2 unspecified atom stereocenters. The van der Waals surface area contributed by atoms with Crippen LogP contribution < -0.4 is 0 Å². The van der Waals surface area contributed by atoms with E-state index in [1.807, 2.05) is 0 Å². The zero-order valence-corrected chi connectivity index (χ0v) is 9.50. The van der Waals surface area contributed by atoms with E-state index in [2.05, 4.69) is 18.5 Å². The molecule has 0 radical (unpaired) electrons. The lowest BCUT2D eigenvalue weighted by Crippen LogP contribution is -2.24. The van der Waals surface area contributed by atoms with Crippen molar-refractivity contribution in [3.8, 4) is 0 Å². The van der Waals surface area contributed by atoms with Crippen molar-refractivity contribution in [1.82, 2.24) is 0 Å². The van der Waals surface area contributed by atoms with Gasteiger partial charge in [-0.05, 0) is 6.92 Å². The first-order valence-electron chi connectivity index (χ1n) is 4.32. The molecule has 0 bridgehead atoms. The molecule has 16 heavy (non-hydrogen) atoms. The van der Waals surface area contributed by atoms with Crippen molar-refractivity contribution in [2.45, 2.75) is 13.0 Å². The van der Waals surface area contributed by atoms with Crippen LogP contribution in [0.1, 0.15) is 6.92 Å². The Balaban J connectivity index is 4.03. The maximum atomic E-state index is 11.1. The molecule has 2 atom stereocenters. The minimum absolute atomic E-state index is 0.00216. The lowest BCUT2D eigenvalue weighted by Gasteiger charge is -2.16. The third-order valence-electron chi connectivity index (χ3n) is 1.31. The molecule has 0 spiro atoms. The first-order valence-corrected chi connectivity index (χ1v) is 5.81. The molecule has 1 N–H and O–H groups in total. The van der Waals surface area contributed by atoms with E-state index in [1.54, 1.807) is 0 Å². The average Bonchev–Trinajstić information content (AvgIpc) is 2.22. The van der Waals surface area contributed by atoms with Crippen LogP contribution in [0.2, 0.25) is 0 Å². The van der Waals surface area contributed by atoms with Crippen molar-refractivity contribution in [3.63, 3.8) is 0 Å². The van der Waals surface area contributed by atoms with Crippen molar-refractivity contribution in [2.24, 2.45) is 0 Å². The van der Waals surface area contributed by atoms with Gasteiger partial charge in [0.25, 0.3) is 12.9 Å². The number of carbonyl (C=O) groups excluding carboxylic acids is 2. The number of phosphoric ester groups is 1. The van der Waals surface area contributed by atoms with Crippen LogP contribution in [0.4, 0.5) is 0 Å². The number of hydrogen-bond acceptors (Lipinski definition) is 7. The quantitative estimate of drug-likeness (QED) is 0.424. The second-order valence-electron chi connectivity index (χ2n) is 2.47. The fraction of sp³-hybridized carbons (Fsp3) is 0.714. The van der Waals surface area contributed by atoms with E-state index < -0.39 is 20.5 Å². The second-order valence-corrected chi connectivity index (χ2v) is 3.92. The summed E-state index contributed by atoms with van der Waals surface area (Å²) in [5.74, 6) is 0. The van der Waals surface area contributed by atoms with Gasteiger partial charge in [0.1, 0.15) is 6.61 Å². The maximum absolute atomic E-state index is 11.1. The Kier molecular flexibility index (Phi) is 7.74. The minimum Gasteiger partial charge on any atom is -0.464 e. The van der Waals surface area contributed by atoms with Gasteiger partial charge >= 0.3 is 7.82 Å². The summed E-state index contributed by atoms with van der Waals surface area (Å²) < 4.78 is 28.7. The van der Waals surface area contributed by atoms with Crippen molar-refractivity contribution >= 4 is 20.8 Å². The summed E-state index contributed by atoms with van der Waals surface area (Å²) in [4.78, 5) is 28.9. The van der Waals surface area contributed by atoms with Crippen molar-refractivity contribution < 1.29 is 37.6 Å². The van der Waals surface area contributed by atoms with E-state index in [9.17, 15) is 14.2 Å². The molecular formula is C7H13O8P. The Morgan fingerprint density at radius 1 is 1.25 bits per heavy atom. The molecule has 0 fully saturated rings. The smallest absolute Gasteiger partial charge is 0.464 e. The third kappa shape index (κ3) is 7.36. The van der Waals surface area contributed by atoms with Crippen LogP contribution in [0, 0.1) is 0 Å². The van der Waals surface area contributed by atoms with E-state index in [4.69, 9.17) is 4.89 Å². The van der Waals surface area contributed by atoms with Gasteiger partial charge in [-0.25, -0.2) is 4.57 Å². The Labute approximate surface area is 92.0 Å². The van der Waals surface area contributed by atoms with Crippen LogP contribution in [0.5, 0.6) is 0 Å². The fourth-order valence-electron chi connectivity index (χ4n) is 0.730. The topological polar surface area (TPSA) is 108 Å². The van der Waals surface area contributed by atoms with Crippen molar-refractivity contribution in [2.75, 3.05) is 19.8 Å². The Bertz CT molecular complexity index is 255. The van der Waals surface area contributed by atoms with Crippen molar-refractivity contribution in [3.05, 3.63) is 0 Å².